The van der Waals surface area contributed by atoms with E-state index in [1.807, 2.05) is 39.8 Å². The van der Waals surface area contributed by atoms with Crippen LogP contribution in [0.25, 0.3) is 0 Å². The van der Waals surface area contributed by atoms with Crippen LogP contribution in [-0.2, 0) is 0 Å². The summed E-state index contributed by atoms with van der Waals surface area (Å²) in [6.07, 6.45) is 0. The van der Waals surface area contributed by atoms with Crippen molar-refractivity contribution >= 4 is 15.9 Å². The molecule has 1 aromatic carbocycles. The molecule has 68 valence electrons. The molecule has 1 aromatic rings. The van der Waals surface area contributed by atoms with E-state index in [0.717, 1.165) is 15.6 Å². The van der Waals surface area contributed by atoms with E-state index < -0.39 is 0 Å². The highest BCUT2D eigenvalue weighted by molar-refractivity contribution is 9.10. The summed E-state index contributed by atoms with van der Waals surface area (Å²) in [5.41, 5.74) is 2.06. The van der Waals surface area contributed by atoms with Gasteiger partial charge in [0.15, 0.2) is 0 Å². The molecule has 0 spiro atoms. The molecule has 0 amide bonds. The minimum absolute atomic E-state index is 0.339. The van der Waals surface area contributed by atoms with Crippen molar-refractivity contribution in [3.63, 3.8) is 0 Å². The van der Waals surface area contributed by atoms with E-state index in [4.69, 9.17) is 0 Å². The van der Waals surface area contributed by atoms with Crippen molar-refractivity contribution in [3.05, 3.63) is 27.7 Å². The van der Waals surface area contributed by atoms with Gasteiger partial charge in [-0.3, -0.25) is 0 Å². The predicted molar refractivity (Wildman–Crippen MR) is 56.6 cm³/mol. The summed E-state index contributed by atoms with van der Waals surface area (Å²) in [5.74, 6) is 0.339. The first-order chi connectivity index (χ1) is 5.61. The van der Waals surface area contributed by atoms with Gasteiger partial charge in [-0.1, -0.05) is 19.9 Å². The van der Waals surface area contributed by atoms with Crippen LogP contribution in [0, 0.1) is 13.8 Å². The summed E-state index contributed by atoms with van der Waals surface area (Å²) in [4.78, 5) is 0. The quantitative estimate of drug-likeness (QED) is 0.720. The van der Waals surface area contributed by atoms with Crippen LogP contribution in [0.1, 0.15) is 25.0 Å². The molecule has 1 nitrogen and oxygen atoms in total. The van der Waals surface area contributed by atoms with E-state index in [1.165, 1.54) is 0 Å². The van der Waals surface area contributed by atoms with Crippen LogP contribution in [0.5, 0.6) is 5.75 Å². The van der Waals surface area contributed by atoms with Gasteiger partial charge in [0.1, 0.15) is 5.75 Å². The highest BCUT2D eigenvalue weighted by Crippen LogP contribution is 2.28. The number of hydrogen-bond acceptors (Lipinski definition) is 1. The van der Waals surface area contributed by atoms with Crippen LogP contribution in [0.2, 0.25) is 0 Å². The van der Waals surface area contributed by atoms with E-state index in [2.05, 4.69) is 15.9 Å². The summed E-state index contributed by atoms with van der Waals surface area (Å²) in [5, 5.41) is 9.28. The van der Waals surface area contributed by atoms with Crippen LogP contribution in [0.3, 0.4) is 0 Å². The van der Waals surface area contributed by atoms with Gasteiger partial charge in [-0.25, -0.2) is 0 Å². The van der Waals surface area contributed by atoms with Crippen LogP contribution < -0.4 is 0 Å². The Hall–Kier alpha value is -0.500. The average molecular weight is 231 g/mol. The summed E-state index contributed by atoms with van der Waals surface area (Å²) < 4.78 is 0.769. The number of hydrogen-bond donors (Lipinski definition) is 1. The van der Waals surface area contributed by atoms with Gasteiger partial charge in [0.05, 0.1) is 4.47 Å². The Labute approximate surface area is 82.6 Å². The van der Waals surface area contributed by atoms with E-state index in [1.54, 1.807) is 0 Å². The Morgan fingerprint density at radius 2 is 1.67 bits per heavy atom. The molecule has 0 aliphatic carbocycles. The molecule has 0 aliphatic rings. The van der Waals surface area contributed by atoms with Crippen LogP contribution in [0.4, 0.5) is 0 Å². The minimum Gasteiger partial charge on any atom is -0.506 e. The molecular weight excluding hydrogens is 216 g/mol. The Morgan fingerprint density at radius 1 is 1.17 bits per heavy atom. The molecule has 0 fully saturated rings. The molecule has 0 radical (unpaired) electrons. The van der Waals surface area contributed by atoms with Crippen LogP contribution in [-0.4, -0.2) is 5.11 Å². The van der Waals surface area contributed by atoms with Crippen molar-refractivity contribution in [1.82, 2.24) is 0 Å². The highest BCUT2D eigenvalue weighted by Gasteiger charge is 2.00. The molecule has 1 rings (SSSR count). The van der Waals surface area contributed by atoms with Crippen molar-refractivity contribution in [2.75, 3.05) is 0 Å². The van der Waals surface area contributed by atoms with Gasteiger partial charge in [0, 0.05) is 0 Å². The molecule has 0 unspecified atom stereocenters. The SMILES string of the molecule is CC.Cc1cc(C)c(O)c(Br)c1. The van der Waals surface area contributed by atoms with Crippen LogP contribution in [0.15, 0.2) is 16.6 Å². The number of benzene rings is 1. The first kappa shape index (κ1) is 11.5. The molecule has 0 atom stereocenters. The summed E-state index contributed by atoms with van der Waals surface area (Å²) in [6.45, 7) is 7.88. The molecular formula is C10H15BrO. The Bertz CT molecular complexity index is 233. The van der Waals surface area contributed by atoms with Gasteiger partial charge >= 0.3 is 0 Å². The number of rotatable bonds is 0. The second kappa shape index (κ2) is 5.20. The molecule has 0 saturated heterocycles. The second-order valence-electron chi connectivity index (χ2n) is 2.41. The smallest absolute Gasteiger partial charge is 0.132 e. The van der Waals surface area contributed by atoms with Crippen molar-refractivity contribution in [1.29, 1.82) is 0 Å². The number of aryl methyl sites for hydroxylation is 2. The lowest BCUT2D eigenvalue weighted by Crippen LogP contribution is -1.78. The minimum atomic E-state index is 0.339. The third-order valence-corrected chi connectivity index (χ3v) is 2.00. The highest BCUT2D eigenvalue weighted by atomic mass is 79.9. The molecule has 0 bridgehead atoms. The van der Waals surface area contributed by atoms with Crippen molar-refractivity contribution < 1.29 is 5.11 Å². The number of halogens is 1. The van der Waals surface area contributed by atoms with Gasteiger partial charge in [0.25, 0.3) is 0 Å². The summed E-state index contributed by atoms with van der Waals surface area (Å²) >= 11 is 3.25. The maximum absolute atomic E-state index is 9.28. The van der Waals surface area contributed by atoms with Gasteiger partial charge < -0.3 is 5.11 Å². The zero-order chi connectivity index (χ0) is 9.72. The number of phenolic OH excluding ortho intramolecular Hbond substituents is 1. The monoisotopic (exact) mass is 230 g/mol. The molecule has 0 aliphatic heterocycles. The number of aromatic hydroxyl groups is 1. The summed E-state index contributed by atoms with van der Waals surface area (Å²) in [7, 11) is 0. The van der Waals surface area contributed by atoms with Gasteiger partial charge in [-0.2, -0.15) is 0 Å². The topological polar surface area (TPSA) is 20.2 Å². The first-order valence-corrected chi connectivity index (χ1v) is 4.86. The third-order valence-electron chi connectivity index (χ3n) is 1.40. The Morgan fingerprint density at radius 3 is 2.08 bits per heavy atom. The molecule has 2 heteroatoms. The van der Waals surface area contributed by atoms with Gasteiger partial charge in [-0.05, 0) is 47.0 Å². The third kappa shape index (κ3) is 2.86. The fourth-order valence-corrected chi connectivity index (χ4v) is 1.58. The first-order valence-electron chi connectivity index (χ1n) is 4.07. The summed E-state index contributed by atoms with van der Waals surface area (Å²) in [6, 6.07) is 3.84. The lowest BCUT2D eigenvalue weighted by atomic mass is 10.1. The molecule has 0 heterocycles. The maximum atomic E-state index is 9.28. The van der Waals surface area contributed by atoms with E-state index in [-0.39, 0.29) is 0 Å². The molecule has 0 saturated carbocycles. The van der Waals surface area contributed by atoms with Crippen molar-refractivity contribution in [3.8, 4) is 5.75 Å². The standard InChI is InChI=1S/C8H9BrO.C2H6/c1-5-3-6(2)8(10)7(9)4-5;1-2/h3-4,10H,1-2H3;1-2H3. The largest absolute Gasteiger partial charge is 0.506 e. The van der Waals surface area contributed by atoms with Crippen molar-refractivity contribution in [2.45, 2.75) is 27.7 Å². The fourth-order valence-electron chi connectivity index (χ4n) is 0.908. The van der Waals surface area contributed by atoms with Gasteiger partial charge in [-0.15, -0.1) is 0 Å². The Balaban J connectivity index is 0.000000561. The molecule has 1 N–H and O–H groups in total. The zero-order valence-electron chi connectivity index (χ0n) is 7.98. The lowest BCUT2D eigenvalue weighted by Gasteiger charge is -2.01. The average Bonchev–Trinajstić information content (AvgIpc) is 2.04. The Kier molecular flexibility index (Phi) is 4.98. The van der Waals surface area contributed by atoms with E-state index in [9.17, 15) is 5.11 Å². The van der Waals surface area contributed by atoms with Crippen molar-refractivity contribution in [2.24, 2.45) is 0 Å². The molecule has 12 heavy (non-hydrogen) atoms. The molecule has 0 aromatic heterocycles. The zero-order valence-corrected chi connectivity index (χ0v) is 9.57. The number of phenols is 1. The van der Waals surface area contributed by atoms with Crippen LogP contribution >= 0.6 is 15.9 Å². The normalized spacial score (nSPS) is 8.75. The lowest BCUT2D eigenvalue weighted by molar-refractivity contribution is 0.467. The predicted octanol–water partition coefficient (Wildman–Crippen LogP) is 3.80. The fraction of sp³-hybridized carbons (Fsp3) is 0.400. The maximum Gasteiger partial charge on any atom is 0.132 e. The van der Waals surface area contributed by atoms with E-state index >= 15 is 0 Å². The second-order valence-corrected chi connectivity index (χ2v) is 3.27. The van der Waals surface area contributed by atoms with E-state index in [0.29, 0.717) is 5.75 Å². The van der Waals surface area contributed by atoms with Gasteiger partial charge in [0.2, 0.25) is 0 Å².